The molecular weight excluding hydrogens is 186 g/mol. The van der Waals surface area contributed by atoms with Gasteiger partial charge in [-0.05, 0) is 13.0 Å². The number of esters is 1. The lowest BCUT2D eigenvalue weighted by atomic mass is 10.3. The van der Waals surface area contributed by atoms with E-state index in [0.717, 1.165) is 13.0 Å². The molecule has 5 heteroatoms. The topological polar surface area (TPSA) is 56.8 Å². The van der Waals surface area contributed by atoms with Crippen molar-refractivity contribution in [2.24, 2.45) is 0 Å². The van der Waals surface area contributed by atoms with Crippen molar-refractivity contribution < 1.29 is 19.0 Å². The molecule has 0 atom stereocenters. The van der Waals surface area contributed by atoms with Crippen molar-refractivity contribution in [3.63, 3.8) is 0 Å². The number of ether oxygens (including phenoxy) is 3. The minimum Gasteiger partial charge on any atom is -0.469 e. The van der Waals surface area contributed by atoms with Crippen molar-refractivity contribution in [3.05, 3.63) is 0 Å². The van der Waals surface area contributed by atoms with Crippen LogP contribution in [-0.2, 0) is 19.0 Å². The first-order valence-electron chi connectivity index (χ1n) is 4.57. The molecule has 0 aromatic rings. The average Bonchev–Trinajstić information content (AvgIpc) is 2.23. The Morgan fingerprint density at radius 3 is 2.43 bits per heavy atom. The van der Waals surface area contributed by atoms with Gasteiger partial charge in [0, 0.05) is 27.2 Å². The van der Waals surface area contributed by atoms with Crippen molar-refractivity contribution in [1.29, 1.82) is 0 Å². The van der Waals surface area contributed by atoms with Gasteiger partial charge in [0.05, 0.1) is 7.11 Å². The maximum Gasteiger partial charge on any atom is 0.305 e. The molecule has 0 bridgehead atoms. The number of carbonyl (C=O) groups is 1. The van der Waals surface area contributed by atoms with Gasteiger partial charge in [-0.15, -0.1) is 0 Å². The van der Waals surface area contributed by atoms with Crippen LogP contribution in [-0.4, -0.2) is 46.7 Å². The van der Waals surface area contributed by atoms with E-state index in [9.17, 15) is 4.79 Å². The molecule has 84 valence electrons. The summed E-state index contributed by atoms with van der Waals surface area (Å²) in [6.45, 7) is 1.37. The molecule has 0 aliphatic carbocycles. The van der Waals surface area contributed by atoms with E-state index in [4.69, 9.17) is 9.47 Å². The minimum atomic E-state index is -0.229. The van der Waals surface area contributed by atoms with Gasteiger partial charge in [0.1, 0.15) is 0 Å². The maximum atomic E-state index is 10.7. The predicted octanol–water partition coefficient (Wildman–Crippen LogP) is 0.148. The lowest BCUT2D eigenvalue weighted by Crippen LogP contribution is -2.30. The molecule has 0 fully saturated rings. The highest BCUT2D eigenvalue weighted by Crippen LogP contribution is 1.91. The van der Waals surface area contributed by atoms with E-state index >= 15 is 0 Å². The fraction of sp³-hybridized carbons (Fsp3) is 0.889. The van der Waals surface area contributed by atoms with E-state index in [1.807, 2.05) is 0 Å². The van der Waals surface area contributed by atoms with E-state index in [1.54, 1.807) is 14.2 Å². The standard InChI is InChI=1S/C9H19NO4/c1-12-8(11)5-4-6-10-7-9(13-2)14-3/h9-10H,4-7H2,1-3H3. The van der Waals surface area contributed by atoms with Crippen molar-refractivity contribution in [2.75, 3.05) is 34.4 Å². The van der Waals surface area contributed by atoms with Gasteiger partial charge in [0.2, 0.25) is 0 Å². The van der Waals surface area contributed by atoms with Crippen LogP contribution in [0.15, 0.2) is 0 Å². The number of rotatable bonds is 8. The van der Waals surface area contributed by atoms with Crippen LogP contribution in [0.4, 0.5) is 0 Å². The van der Waals surface area contributed by atoms with Gasteiger partial charge in [0.25, 0.3) is 0 Å². The summed E-state index contributed by atoms with van der Waals surface area (Å²) in [4.78, 5) is 10.7. The van der Waals surface area contributed by atoms with Crippen LogP contribution in [0.5, 0.6) is 0 Å². The van der Waals surface area contributed by atoms with E-state index in [-0.39, 0.29) is 12.3 Å². The highest BCUT2D eigenvalue weighted by molar-refractivity contribution is 5.68. The van der Waals surface area contributed by atoms with Crippen LogP contribution >= 0.6 is 0 Å². The summed E-state index contributed by atoms with van der Waals surface area (Å²) in [5, 5.41) is 3.11. The van der Waals surface area contributed by atoms with E-state index in [0.29, 0.717) is 13.0 Å². The van der Waals surface area contributed by atoms with Crippen molar-refractivity contribution in [1.82, 2.24) is 5.32 Å². The third-order valence-corrected chi connectivity index (χ3v) is 1.80. The molecule has 1 N–H and O–H groups in total. The Balaban J connectivity index is 3.24. The van der Waals surface area contributed by atoms with Crippen LogP contribution in [0.2, 0.25) is 0 Å². The van der Waals surface area contributed by atoms with Gasteiger partial charge in [-0.2, -0.15) is 0 Å². The third-order valence-electron chi connectivity index (χ3n) is 1.80. The summed E-state index contributed by atoms with van der Waals surface area (Å²) in [5.41, 5.74) is 0. The van der Waals surface area contributed by atoms with E-state index < -0.39 is 0 Å². The molecule has 5 nitrogen and oxygen atoms in total. The number of hydrogen-bond acceptors (Lipinski definition) is 5. The Kier molecular flexibility index (Phi) is 8.51. The summed E-state index contributed by atoms with van der Waals surface area (Å²) in [6.07, 6.45) is 0.967. The molecule has 14 heavy (non-hydrogen) atoms. The molecule has 0 aliphatic rings. The fourth-order valence-electron chi connectivity index (χ4n) is 0.943. The van der Waals surface area contributed by atoms with Gasteiger partial charge < -0.3 is 19.5 Å². The zero-order valence-corrected chi connectivity index (χ0v) is 9.04. The SMILES string of the molecule is COC(=O)CCCNCC(OC)OC. The molecule has 0 aromatic heterocycles. The Morgan fingerprint density at radius 2 is 1.93 bits per heavy atom. The second-order valence-electron chi connectivity index (χ2n) is 2.78. The van der Waals surface area contributed by atoms with Crippen LogP contribution in [0.25, 0.3) is 0 Å². The van der Waals surface area contributed by atoms with Gasteiger partial charge in [-0.1, -0.05) is 0 Å². The largest absolute Gasteiger partial charge is 0.469 e. The molecule has 0 aliphatic heterocycles. The molecule has 0 heterocycles. The molecule has 0 saturated heterocycles. The molecule has 0 spiro atoms. The lowest BCUT2D eigenvalue weighted by molar-refractivity contribution is -0.140. The Hall–Kier alpha value is -0.650. The normalized spacial score (nSPS) is 10.6. The first-order valence-corrected chi connectivity index (χ1v) is 4.57. The van der Waals surface area contributed by atoms with E-state index in [2.05, 4.69) is 10.1 Å². The third kappa shape index (κ3) is 6.82. The first kappa shape index (κ1) is 13.4. The van der Waals surface area contributed by atoms with Crippen molar-refractivity contribution in [3.8, 4) is 0 Å². The Morgan fingerprint density at radius 1 is 1.29 bits per heavy atom. The van der Waals surface area contributed by atoms with E-state index in [1.165, 1.54) is 7.11 Å². The quantitative estimate of drug-likeness (QED) is 0.347. The first-order chi connectivity index (χ1) is 6.74. The van der Waals surface area contributed by atoms with Crippen molar-refractivity contribution in [2.45, 2.75) is 19.1 Å². The second-order valence-corrected chi connectivity index (χ2v) is 2.78. The van der Waals surface area contributed by atoms with Crippen LogP contribution in [0.1, 0.15) is 12.8 Å². The second kappa shape index (κ2) is 8.93. The number of carbonyl (C=O) groups excluding carboxylic acids is 1. The average molecular weight is 205 g/mol. The summed E-state index contributed by atoms with van der Waals surface area (Å²) in [7, 11) is 4.57. The minimum absolute atomic E-state index is 0.179. The van der Waals surface area contributed by atoms with Crippen molar-refractivity contribution >= 4 is 5.97 Å². The van der Waals surface area contributed by atoms with Gasteiger partial charge >= 0.3 is 5.97 Å². The Labute approximate surface area is 84.7 Å². The van der Waals surface area contributed by atoms with Gasteiger partial charge in [-0.3, -0.25) is 4.79 Å². The van der Waals surface area contributed by atoms with Crippen LogP contribution < -0.4 is 5.32 Å². The Bertz CT molecular complexity index is 148. The molecule has 0 amide bonds. The molecule has 0 radical (unpaired) electrons. The lowest BCUT2D eigenvalue weighted by Gasteiger charge is -2.13. The zero-order valence-electron chi connectivity index (χ0n) is 9.04. The fourth-order valence-corrected chi connectivity index (χ4v) is 0.943. The molecule has 0 aromatic carbocycles. The molecular formula is C9H19NO4. The van der Waals surface area contributed by atoms with Crippen LogP contribution in [0, 0.1) is 0 Å². The molecule has 0 saturated carbocycles. The highest BCUT2D eigenvalue weighted by atomic mass is 16.7. The highest BCUT2D eigenvalue weighted by Gasteiger charge is 2.03. The summed E-state index contributed by atoms with van der Waals surface area (Å²) in [6, 6.07) is 0. The smallest absolute Gasteiger partial charge is 0.305 e. The number of nitrogens with one attached hydrogen (secondary N) is 1. The number of methoxy groups -OCH3 is 3. The predicted molar refractivity (Wildman–Crippen MR) is 51.9 cm³/mol. The van der Waals surface area contributed by atoms with Gasteiger partial charge in [-0.25, -0.2) is 0 Å². The van der Waals surface area contributed by atoms with Crippen LogP contribution in [0.3, 0.4) is 0 Å². The number of hydrogen-bond donors (Lipinski definition) is 1. The summed E-state index contributed by atoms with van der Waals surface area (Å²) < 4.78 is 14.4. The summed E-state index contributed by atoms with van der Waals surface area (Å²) in [5.74, 6) is -0.179. The maximum absolute atomic E-state index is 10.7. The molecule has 0 unspecified atom stereocenters. The zero-order chi connectivity index (χ0) is 10.8. The monoisotopic (exact) mass is 205 g/mol. The summed E-state index contributed by atoms with van der Waals surface area (Å²) >= 11 is 0. The molecule has 0 rings (SSSR count). The van der Waals surface area contributed by atoms with Gasteiger partial charge in [0.15, 0.2) is 6.29 Å².